The Morgan fingerprint density at radius 2 is 2.00 bits per heavy atom. The minimum absolute atomic E-state index is 0.0351. The summed E-state index contributed by atoms with van der Waals surface area (Å²) in [5, 5.41) is 4.74. The van der Waals surface area contributed by atoms with Crippen molar-refractivity contribution in [1.29, 1.82) is 0 Å². The predicted molar refractivity (Wildman–Crippen MR) is 97.4 cm³/mol. The third-order valence-electron chi connectivity index (χ3n) is 4.71. The zero-order chi connectivity index (χ0) is 18.1. The molecule has 26 heavy (non-hydrogen) atoms. The fourth-order valence-corrected chi connectivity index (χ4v) is 5.28. The zero-order valence-corrected chi connectivity index (χ0v) is 16.3. The molecule has 1 saturated carbocycles. The summed E-state index contributed by atoms with van der Waals surface area (Å²) in [6, 6.07) is 3.38. The molecule has 1 atom stereocenters. The van der Waals surface area contributed by atoms with Crippen LogP contribution >= 0.6 is 11.8 Å². The summed E-state index contributed by atoms with van der Waals surface area (Å²) in [5.41, 5.74) is 0. The van der Waals surface area contributed by atoms with Crippen LogP contribution in [0.1, 0.15) is 61.9 Å². The Hall–Kier alpha value is -1.45. The molecule has 0 amide bonds. The highest BCUT2D eigenvalue weighted by atomic mass is 32.2. The van der Waals surface area contributed by atoms with Crippen LogP contribution in [0.25, 0.3) is 0 Å². The first-order chi connectivity index (χ1) is 12.5. The number of pyridine rings is 1. The van der Waals surface area contributed by atoms with E-state index in [1.165, 1.54) is 18.0 Å². The summed E-state index contributed by atoms with van der Waals surface area (Å²) in [4.78, 5) is 9.04. The van der Waals surface area contributed by atoms with E-state index < -0.39 is 10.0 Å². The van der Waals surface area contributed by atoms with E-state index in [1.807, 2.05) is 6.92 Å². The van der Waals surface area contributed by atoms with E-state index in [9.17, 15) is 8.42 Å². The van der Waals surface area contributed by atoms with Gasteiger partial charge in [0.1, 0.15) is 4.90 Å². The van der Waals surface area contributed by atoms with Crippen molar-refractivity contribution in [2.45, 2.75) is 60.1 Å². The van der Waals surface area contributed by atoms with Crippen LogP contribution in [-0.4, -0.2) is 40.9 Å². The second-order valence-electron chi connectivity index (χ2n) is 6.82. The molecule has 0 aromatic carbocycles. The van der Waals surface area contributed by atoms with E-state index >= 15 is 0 Å². The Kier molecular flexibility index (Phi) is 5.02. The Morgan fingerprint density at radius 1 is 1.23 bits per heavy atom. The van der Waals surface area contributed by atoms with Gasteiger partial charge >= 0.3 is 0 Å². The zero-order valence-electron chi connectivity index (χ0n) is 14.7. The summed E-state index contributed by atoms with van der Waals surface area (Å²) >= 11 is 1.48. The lowest BCUT2D eigenvalue weighted by Gasteiger charge is -2.25. The smallest absolute Gasteiger partial charge is 0.244 e. The topological polar surface area (TPSA) is 89.2 Å². The van der Waals surface area contributed by atoms with Crippen molar-refractivity contribution < 1.29 is 12.9 Å². The number of thioether (sulfide) groups is 1. The average Bonchev–Trinajstić information content (AvgIpc) is 3.39. The lowest BCUT2D eigenvalue weighted by Crippen LogP contribution is -2.35. The monoisotopic (exact) mass is 394 g/mol. The molecule has 0 spiro atoms. The van der Waals surface area contributed by atoms with E-state index in [1.54, 1.807) is 16.4 Å². The van der Waals surface area contributed by atoms with Crippen molar-refractivity contribution >= 4 is 21.8 Å². The van der Waals surface area contributed by atoms with Gasteiger partial charge in [0.05, 0.1) is 10.3 Å². The lowest BCUT2D eigenvalue weighted by molar-refractivity contribution is 0.346. The van der Waals surface area contributed by atoms with E-state index in [2.05, 4.69) is 15.1 Å². The molecule has 4 rings (SSSR count). The Balaban J connectivity index is 1.43. The summed E-state index contributed by atoms with van der Waals surface area (Å²) < 4.78 is 32.2. The number of nitrogens with zero attached hydrogens (tertiary/aromatic N) is 4. The van der Waals surface area contributed by atoms with Crippen LogP contribution in [0.2, 0.25) is 0 Å². The van der Waals surface area contributed by atoms with Crippen molar-refractivity contribution in [1.82, 2.24) is 19.4 Å². The normalized spacial score (nSPS) is 20.2. The molecule has 1 aliphatic heterocycles. The third-order valence-corrected chi connectivity index (χ3v) is 7.63. The quantitative estimate of drug-likeness (QED) is 0.694. The van der Waals surface area contributed by atoms with Crippen LogP contribution in [0.3, 0.4) is 0 Å². The van der Waals surface area contributed by atoms with Crippen molar-refractivity contribution in [3.8, 4) is 0 Å². The molecule has 140 valence electrons. The van der Waals surface area contributed by atoms with Crippen molar-refractivity contribution in [2.24, 2.45) is 0 Å². The summed E-state index contributed by atoms with van der Waals surface area (Å²) in [5.74, 6) is 1.84. The molecule has 9 heteroatoms. The van der Waals surface area contributed by atoms with Gasteiger partial charge in [0, 0.05) is 25.2 Å². The number of sulfonamides is 1. The molecule has 0 N–H and O–H groups in total. The Labute approximate surface area is 157 Å². The SMILES string of the molecule is CC(Sc1ccc(S(=O)(=O)N2CCCCC2)cn1)c1nc(C2CC2)no1. The number of hydrogen-bond acceptors (Lipinski definition) is 7. The highest BCUT2D eigenvalue weighted by Crippen LogP contribution is 2.40. The Bertz CT molecular complexity index is 856. The minimum Gasteiger partial charge on any atom is -0.338 e. The van der Waals surface area contributed by atoms with Crippen molar-refractivity contribution in [2.75, 3.05) is 13.1 Å². The predicted octanol–water partition coefficient (Wildman–Crippen LogP) is 3.37. The maximum atomic E-state index is 12.7. The summed E-state index contributed by atoms with van der Waals surface area (Å²) in [6.45, 7) is 3.17. The molecule has 2 aliphatic rings. The first-order valence-electron chi connectivity index (χ1n) is 9.00. The molecule has 1 aliphatic carbocycles. The molecule has 0 radical (unpaired) electrons. The van der Waals surface area contributed by atoms with Crippen LogP contribution in [-0.2, 0) is 10.0 Å². The van der Waals surface area contributed by atoms with E-state index in [-0.39, 0.29) is 10.1 Å². The van der Waals surface area contributed by atoms with Gasteiger partial charge in [-0.3, -0.25) is 0 Å². The Morgan fingerprint density at radius 3 is 2.65 bits per heavy atom. The molecule has 2 fully saturated rings. The highest BCUT2D eigenvalue weighted by Gasteiger charge is 2.30. The molecular formula is C17H22N4O3S2. The van der Waals surface area contributed by atoms with Gasteiger partial charge in [-0.1, -0.05) is 23.3 Å². The maximum Gasteiger partial charge on any atom is 0.244 e. The minimum atomic E-state index is -3.44. The maximum absolute atomic E-state index is 12.7. The molecule has 2 aromatic heterocycles. The molecule has 2 aromatic rings. The van der Waals surface area contributed by atoms with E-state index in [4.69, 9.17) is 4.52 Å². The van der Waals surface area contributed by atoms with Crippen LogP contribution in [0.4, 0.5) is 0 Å². The van der Waals surface area contributed by atoms with Gasteiger partial charge in [-0.05, 0) is 44.7 Å². The third kappa shape index (κ3) is 3.79. The van der Waals surface area contributed by atoms with E-state index in [0.29, 0.717) is 24.9 Å². The number of aromatic nitrogens is 3. The van der Waals surface area contributed by atoms with E-state index in [0.717, 1.165) is 43.0 Å². The number of hydrogen-bond donors (Lipinski definition) is 0. The van der Waals surface area contributed by atoms with Gasteiger partial charge in [-0.25, -0.2) is 13.4 Å². The molecular weight excluding hydrogens is 372 g/mol. The van der Waals surface area contributed by atoms with Crippen molar-refractivity contribution in [3.05, 3.63) is 30.0 Å². The van der Waals surface area contributed by atoms with Gasteiger partial charge in [-0.15, -0.1) is 0 Å². The van der Waals surface area contributed by atoms with Crippen molar-refractivity contribution in [3.63, 3.8) is 0 Å². The largest absolute Gasteiger partial charge is 0.338 e. The van der Waals surface area contributed by atoms with Gasteiger partial charge in [0.15, 0.2) is 5.82 Å². The lowest BCUT2D eigenvalue weighted by atomic mass is 10.2. The van der Waals surface area contributed by atoms with Crippen LogP contribution < -0.4 is 0 Å². The first-order valence-corrected chi connectivity index (χ1v) is 11.3. The standard InChI is InChI=1S/C17H22N4O3S2/c1-12(17-19-16(20-24-17)13-5-6-13)25-15-8-7-14(11-18-15)26(22,23)21-9-3-2-4-10-21/h7-8,11-13H,2-6,9-10H2,1H3. The van der Waals surface area contributed by atoms with Gasteiger partial charge in [0.25, 0.3) is 0 Å². The molecule has 1 unspecified atom stereocenters. The van der Waals surface area contributed by atoms with Gasteiger partial charge in [-0.2, -0.15) is 9.29 Å². The summed E-state index contributed by atoms with van der Waals surface area (Å²) in [6.07, 6.45) is 6.65. The van der Waals surface area contributed by atoms with Crippen LogP contribution in [0, 0.1) is 0 Å². The molecule has 0 bridgehead atoms. The highest BCUT2D eigenvalue weighted by molar-refractivity contribution is 7.99. The molecule has 1 saturated heterocycles. The van der Waals surface area contributed by atoms with Crippen LogP contribution in [0.15, 0.2) is 32.8 Å². The van der Waals surface area contributed by atoms with Gasteiger partial charge in [0.2, 0.25) is 15.9 Å². The molecule has 3 heterocycles. The fourth-order valence-electron chi connectivity index (χ4n) is 2.99. The second kappa shape index (κ2) is 7.28. The average molecular weight is 395 g/mol. The second-order valence-corrected chi connectivity index (χ2v) is 10.1. The number of rotatable bonds is 6. The first kappa shape index (κ1) is 17.9. The fraction of sp³-hybridized carbons (Fsp3) is 0.588. The summed E-state index contributed by atoms with van der Waals surface area (Å²) in [7, 11) is -3.44. The number of piperidine rings is 1. The van der Waals surface area contributed by atoms with Crippen LogP contribution in [0.5, 0.6) is 0 Å². The van der Waals surface area contributed by atoms with Gasteiger partial charge < -0.3 is 4.52 Å². The molecule has 7 nitrogen and oxygen atoms in total.